The van der Waals surface area contributed by atoms with Crippen molar-refractivity contribution in [1.82, 2.24) is 0 Å². The van der Waals surface area contributed by atoms with Crippen molar-refractivity contribution < 1.29 is 19.4 Å². The molecule has 1 aromatic carbocycles. The Kier molecular flexibility index (Phi) is 3.55. The van der Waals surface area contributed by atoms with Gasteiger partial charge in [-0.1, -0.05) is 0 Å². The van der Waals surface area contributed by atoms with E-state index in [-0.39, 0.29) is 5.75 Å². The Morgan fingerprint density at radius 1 is 1.50 bits per heavy atom. The zero-order chi connectivity index (χ0) is 15.7. The molecule has 5 heteroatoms. The standard InChI is InChI=1S/C17H17NO4/c1-21-16-7-13-12(6-15(16)20)8-17(13,10-18)4-2-14(19)11-3-5-22-9-11/h3,5-7,9,14,19-20H,2,4,8H2,1H3. The summed E-state index contributed by atoms with van der Waals surface area (Å²) in [5.41, 5.74) is 1.93. The van der Waals surface area contributed by atoms with E-state index >= 15 is 0 Å². The Labute approximate surface area is 128 Å². The van der Waals surface area contributed by atoms with Crippen molar-refractivity contribution in [2.75, 3.05) is 7.11 Å². The van der Waals surface area contributed by atoms with Gasteiger partial charge in [0.05, 0.1) is 37.2 Å². The number of nitriles is 1. The van der Waals surface area contributed by atoms with Gasteiger partial charge in [0.25, 0.3) is 0 Å². The molecular formula is C17H17NO4. The highest BCUT2D eigenvalue weighted by Gasteiger charge is 2.44. The van der Waals surface area contributed by atoms with Crippen LogP contribution in [0.5, 0.6) is 11.5 Å². The first-order valence-corrected chi connectivity index (χ1v) is 7.11. The van der Waals surface area contributed by atoms with E-state index in [1.165, 1.54) is 19.6 Å². The van der Waals surface area contributed by atoms with Crippen molar-refractivity contribution in [2.45, 2.75) is 30.8 Å². The SMILES string of the molecule is COc1cc2c(cc1O)CC2(C#N)CCC(O)c1ccoc1. The van der Waals surface area contributed by atoms with Crippen LogP contribution < -0.4 is 4.74 Å². The normalized spacial score (nSPS) is 20.6. The maximum absolute atomic E-state index is 10.1. The number of hydrogen-bond acceptors (Lipinski definition) is 5. The first kappa shape index (κ1) is 14.5. The summed E-state index contributed by atoms with van der Waals surface area (Å²) in [4.78, 5) is 0. The van der Waals surface area contributed by atoms with Crippen molar-refractivity contribution in [3.63, 3.8) is 0 Å². The molecule has 1 aliphatic carbocycles. The number of rotatable bonds is 5. The van der Waals surface area contributed by atoms with E-state index in [0.717, 1.165) is 16.7 Å². The number of benzene rings is 1. The lowest BCUT2D eigenvalue weighted by Gasteiger charge is -2.39. The number of phenolic OH excluding ortho intramolecular Hbond substituents is 1. The van der Waals surface area contributed by atoms with Gasteiger partial charge in [0.1, 0.15) is 0 Å². The minimum atomic E-state index is -0.646. The quantitative estimate of drug-likeness (QED) is 0.886. The molecule has 22 heavy (non-hydrogen) atoms. The maximum Gasteiger partial charge on any atom is 0.160 e. The van der Waals surface area contributed by atoms with E-state index in [2.05, 4.69) is 6.07 Å². The van der Waals surface area contributed by atoms with E-state index in [0.29, 0.717) is 25.0 Å². The van der Waals surface area contributed by atoms with Crippen LogP contribution in [0, 0.1) is 11.3 Å². The first-order chi connectivity index (χ1) is 10.6. The van der Waals surface area contributed by atoms with E-state index in [4.69, 9.17) is 9.15 Å². The van der Waals surface area contributed by atoms with Crippen LogP contribution in [-0.4, -0.2) is 17.3 Å². The summed E-state index contributed by atoms with van der Waals surface area (Å²) < 4.78 is 10.1. The molecular weight excluding hydrogens is 282 g/mol. The van der Waals surface area contributed by atoms with Gasteiger partial charge >= 0.3 is 0 Å². The van der Waals surface area contributed by atoms with Gasteiger partial charge in [-0.2, -0.15) is 5.26 Å². The number of aromatic hydroxyl groups is 1. The van der Waals surface area contributed by atoms with E-state index in [1.54, 1.807) is 18.2 Å². The van der Waals surface area contributed by atoms with Crippen LogP contribution >= 0.6 is 0 Å². The lowest BCUT2D eigenvalue weighted by molar-refractivity contribution is 0.153. The van der Waals surface area contributed by atoms with Crippen molar-refractivity contribution >= 4 is 0 Å². The van der Waals surface area contributed by atoms with Gasteiger partial charge in [0.2, 0.25) is 0 Å². The fraction of sp³-hybridized carbons (Fsp3) is 0.353. The zero-order valence-electron chi connectivity index (χ0n) is 12.2. The second-order valence-corrected chi connectivity index (χ2v) is 5.66. The minimum Gasteiger partial charge on any atom is -0.504 e. The average Bonchev–Trinajstić information content (AvgIpc) is 3.04. The third-order valence-electron chi connectivity index (χ3n) is 4.40. The van der Waals surface area contributed by atoms with Crippen LogP contribution in [0.4, 0.5) is 0 Å². The molecule has 1 heterocycles. The monoisotopic (exact) mass is 299 g/mol. The topological polar surface area (TPSA) is 86.6 Å². The number of fused-ring (bicyclic) bond motifs is 1. The van der Waals surface area contributed by atoms with E-state index < -0.39 is 11.5 Å². The molecule has 1 aliphatic rings. The second kappa shape index (κ2) is 5.39. The van der Waals surface area contributed by atoms with Gasteiger partial charge in [0, 0.05) is 5.56 Å². The summed E-state index contributed by atoms with van der Waals surface area (Å²) in [5.74, 6) is 0.458. The Morgan fingerprint density at radius 3 is 2.95 bits per heavy atom. The van der Waals surface area contributed by atoms with Crippen LogP contribution in [0.3, 0.4) is 0 Å². The molecule has 0 aliphatic heterocycles. The van der Waals surface area contributed by atoms with Crippen LogP contribution in [-0.2, 0) is 11.8 Å². The molecule has 0 spiro atoms. The predicted octanol–water partition coefficient (Wildman–Crippen LogP) is 2.83. The Hall–Kier alpha value is -2.45. The van der Waals surface area contributed by atoms with Gasteiger partial charge in [-0.05, 0) is 48.6 Å². The molecule has 3 rings (SSSR count). The van der Waals surface area contributed by atoms with Crippen LogP contribution in [0.15, 0.2) is 35.1 Å². The molecule has 5 nitrogen and oxygen atoms in total. The molecule has 0 amide bonds. The summed E-state index contributed by atoms with van der Waals surface area (Å²) in [5, 5.41) is 29.5. The predicted molar refractivity (Wildman–Crippen MR) is 78.6 cm³/mol. The largest absolute Gasteiger partial charge is 0.504 e. The summed E-state index contributed by atoms with van der Waals surface area (Å²) in [6.45, 7) is 0. The van der Waals surface area contributed by atoms with Crippen molar-refractivity contribution in [2.24, 2.45) is 0 Å². The van der Waals surface area contributed by atoms with Gasteiger partial charge < -0.3 is 19.4 Å². The molecule has 0 saturated heterocycles. The minimum absolute atomic E-state index is 0.0891. The summed E-state index contributed by atoms with van der Waals surface area (Å²) in [7, 11) is 1.48. The molecule has 0 fully saturated rings. The van der Waals surface area contributed by atoms with Crippen LogP contribution in [0.25, 0.3) is 0 Å². The number of aliphatic hydroxyl groups excluding tert-OH is 1. The Bertz CT molecular complexity index is 717. The van der Waals surface area contributed by atoms with Gasteiger partial charge in [-0.3, -0.25) is 0 Å². The summed E-state index contributed by atoms with van der Waals surface area (Å²) in [6.07, 6.45) is 3.97. The lowest BCUT2D eigenvalue weighted by Crippen LogP contribution is -2.37. The maximum atomic E-state index is 10.1. The third-order valence-corrected chi connectivity index (χ3v) is 4.40. The number of furan rings is 1. The molecule has 0 radical (unpaired) electrons. The summed E-state index contributed by atoms with van der Waals surface area (Å²) in [6, 6.07) is 7.47. The van der Waals surface area contributed by atoms with Gasteiger partial charge in [-0.15, -0.1) is 0 Å². The van der Waals surface area contributed by atoms with Crippen LogP contribution in [0.2, 0.25) is 0 Å². The van der Waals surface area contributed by atoms with Crippen LogP contribution in [0.1, 0.15) is 35.6 Å². The zero-order valence-corrected chi connectivity index (χ0v) is 12.2. The van der Waals surface area contributed by atoms with E-state index in [9.17, 15) is 15.5 Å². The number of ether oxygens (including phenoxy) is 1. The Balaban J connectivity index is 1.79. The molecule has 1 aromatic heterocycles. The molecule has 2 aromatic rings. The molecule has 114 valence electrons. The lowest BCUT2D eigenvalue weighted by atomic mass is 9.62. The summed E-state index contributed by atoms with van der Waals surface area (Å²) >= 11 is 0. The van der Waals surface area contributed by atoms with Crippen molar-refractivity contribution in [3.05, 3.63) is 47.4 Å². The number of aliphatic hydroxyl groups is 1. The molecule has 2 N–H and O–H groups in total. The fourth-order valence-electron chi connectivity index (χ4n) is 3.07. The van der Waals surface area contributed by atoms with Gasteiger partial charge in [0.15, 0.2) is 11.5 Å². The first-order valence-electron chi connectivity index (χ1n) is 7.11. The molecule has 0 bridgehead atoms. The number of phenols is 1. The molecule has 2 unspecified atom stereocenters. The smallest absolute Gasteiger partial charge is 0.160 e. The number of methoxy groups -OCH3 is 1. The second-order valence-electron chi connectivity index (χ2n) is 5.66. The van der Waals surface area contributed by atoms with Gasteiger partial charge in [-0.25, -0.2) is 0 Å². The fourth-order valence-corrected chi connectivity index (χ4v) is 3.07. The Morgan fingerprint density at radius 2 is 2.32 bits per heavy atom. The van der Waals surface area contributed by atoms with Crippen molar-refractivity contribution in [3.8, 4) is 17.6 Å². The number of nitrogens with zero attached hydrogens (tertiary/aromatic N) is 1. The van der Waals surface area contributed by atoms with E-state index in [1.807, 2.05) is 0 Å². The highest BCUT2D eigenvalue weighted by Crippen LogP contribution is 2.48. The highest BCUT2D eigenvalue weighted by atomic mass is 16.5. The third kappa shape index (κ3) is 2.22. The highest BCUT2D eigenvalue weighted by molar-refractivity contribution is 5.58. The average molecular weight is 299 g/mol. The molecule has 0 saturated carbocycles. The number of hydrogen-bond donors (Lipinski definition) is 2. The van der Waals surface area contributed by atoms with Crippen molar-refractivity contribution in [1.29, 1.82) is 5.26 Å². The molecule has 2 atom stereocenters.